The number of hydrogen-bond acceptors (Lipinski definition) is 3. The number of fused-ring (bicyclic) bond motifs is 1. The minimum Gasteiger partial charge on any atom is -0.384 e. The first-order chi connectivity index (χ1) is 17.2. The summed E-state index contributed by atoms with van der Waals surface area (Å²) in [4.78, 5) is 0. The summed E-state index contributed by atoms with van der Waals surface area (Å²) in [5.74, 6) is -0.812. The third-order valence-corrected chi connectivity index (χ3v) is 8.99. The zero-order valence-electron chi connectivity index (χ0n) is 21.3. The summed E-state index contributed by atoms with van der Waals surface area (Å²) >= 11 is 0. The Kier molecular flexibility index (Phi) is 7.49. The molecule has 1 N–H and O–H groups in total. The highest BCUT2D eigenvalue weighted by molar-refractivity contribution is 7.90. The highest BCUT2D eigenvalue weighted by Gasteiger charge is 2.35. The number of halogens is 4. The van der Waals surface area contributed by atoms with E-state index in [2.05, 4.69) is 4.72 Å². The molecule has 0 spiro atoms. The Morgan fingerprint density at radius 2 is 1.81 bits per heavy atom. The second kappa shape index (κ2) is 10.0. The lowest BCUT2D eigenvalue weighted by atomic mass is 9.94. The van der Waals surface area contributed by atoms with Gasteiger partial charge in [0, 0.05) is 47.8 Å². The normalized spacial score (nSPS) is 16.2. The molecule has 3 aromatic rings. The van der Waals surface area contributed by atoms with E-state index in [0.29, 0.717) is 42.5 Å². The molecular formula is C27H32F4N2O3S. The summed E-state index contributed by atoms with van der Waals surface area (Å²) in [6.07, 6.45) is -0.826. The third-order valence-electron chi connectivity index (χ3n) is 6.96. The smallest absolute Gasteiger partial charge is 0.384 e. The van der Waals surface area contributed by atoms with Crippen molar-refractivity contribution < 1.29 is 30.7 Å². The number of nitrogens with zero attached hydrogens (tertiary/aromatic N) is 1. The lowest BCUT2D eigenvalue weighted by Gasteiger charge is -2.27. The molecule has 1 atom stereocenters. The Balaban J connectivity index is 1.87. The van der Waals surface area contributed by atoms with E-state index >= 15 is 4.39 Å². The number of methoxy groups -OCH3 is 1. The average molecular weight is 541 g/mol. The molecule has 0 radical (unpaired) electrons. The summed E-state index contributed by atoms with van der Waals surface area (Å²) in [7, 11) is -1.97. The van der Waals surface area contributed by atoms with Crippen molar-refractivity contribution in [2.45, 2.75) is 64.0 Å². The van der Waals surface area contributed by atoms with Gasteiger partial charge in [0.2, 0.25) is 10.0 Å². The Labute approximate surface area is 214 Å². The van der Waals surface area contributed by atoms with Crippen LogP contribution in [-0.4, -0.2) is 32.0 Å². The standard InChI is InChI=1S/C27H32F4N2O3S/c1-17(32-37(34,35)18-8-7-9-18)22-14-33(15-26(2,3)16-36-4)25-13-20(24(28)12-21(22)25)19-10-5-6-11-23(19)27(29,30)31/h5-6,10-14,17-18,32H,7-9,15-16H2,1-4H3/t17-/m1/s1. The van der Waals surface area contributed by atoms with Crippen molar-refractivity contribution in [3.05, 3.63) is 59.5 Å². The largest absolute Gasteiger partial charge is 0.417 e. The average Bonchev–Trinajstić information content (AvgIpc) is 3.07. The van der Waals surface area contributed by atoms with Crippen LogP contribution in [0.15, 0.2) is 42.6 Å². The molecule has 0 saturated heterocycles. The van der Waals surface area contributed by atoms with Crippen molar-refractivity contribution in [1.82, 2.24) is 9.29 Å². The molecule has 4 rings (SSSR count). The van der Waals surface area contributed by atoms with Crippen LogP contribution in [0, 0.1) is 11.2 Å². The summed E-state index contributed by atoms with van der Waals surface area (Å²) in [6, 6.07) is 6.88. The second-order valence-corrected chi connectivity index (χ2v) is 12.6. The van der Waals surface area contributed by atoms with E-state index in [4.69, 9.17) is 4.74 Å². The molecule has 1 fully saturated rings. The molecule has 1 aliphatic rings. The van der Waals surface area contributed by atoms with Crippen molar-refractivity contribution in [3.63, 3.8) is 0 Å². The Morgan fingerprint density at radius 1 is 1.14 bits per heavy atom. The number of sulfonamides is 1. The maximum atomic E-state index is 15.5. The molecule has 10 heteroatoms. The van der Waals surface area contributed by atoms with Crippen molar-refractivity contribution >= 4 is 20.9 Å². The number of aromatic nitrogens is 1. The molecule has 37 heavy (non-hydrogen) atoms. The topological polar surface area (TPSA) is 60.3 Å². The van der Waals surface area contributed by atoms with Gasteiger partial charge in [-0.1, -0.05) is 38.5 Å². The fourth-order valence-corrected chi connectivity index (χ4v) is 6.74. The number of ether oxygens (including phenoxy) is 1. The predicted molar refractivity (Wildman–Crippen MR) is 136 cm³/mol. The van der Waals surface area contributed by atoms with Gasteiger partial charge in [-0.05, 0) is 49.1 Å². The van der Waals surface area contributed by atoms with E-state index in [0.717, 1.165) is 12.5 Å². The molecule has 0 bridgehead atoms. The molecule has 1 heterocycles. The van der Waals surface area contributed by atoms with E-state index < -0.39 is 38.9 Å². The Morgan fingerprint density at radius 3 is 2.41 bits per heavy atom. The molecule has 202 valence electrons. The van der Waals surface area contributed by atoms with Gasteiger partial charge in [-0.15, -0.1) is 0 Å². The van der Waals surface area contributed by atoms with Gasteiger partial charge in [0.05, 0.1) is 17.4 Å². The fourth-order valence-electron chi connectivity index (χ4n) is 4.97. The van der Waals surface area contributed by atoms with Gasteiger partial charge in [0.1, 0.15) is 5.82 Å². The summed E-state index contributed by atoms with van der Waals surface area (Å²) in [6.45, 7) is 6.49. The van der Waals surface area contributed by atoms with E-state index in [1.165, 1.54) is 30.3 Å². The summed E-state index contributed by atoms with van der Waals surface area (Å²) < 4.78 is 92.1. The van der Waals surface area contributed by atoms with Crippen molar-refractivity contribution in [1.29, 1.82) is 0 Å². The van der Waals surface area contributed by atoms with Crippen LogP contribution in [0.4, 0.5) is 17.6 Å². The molecule has 1 aromatic heterocycles. The number of nitrogens with one attached hydrogen (secondary N) is 1. The van der Waals surface area contributed by atoms with Gasteiger partial charge in [-0.2, -0.15) is 13.2 Å². The number of hydrogen-bond donors (Lipinski definition) is 1. The maximum Gasteiger partial charge on any atom is 0.417 e. The van der Waals surface area contributed by atoms with Crippen LogP contribution in [0.25, 0.3) is 22.0 Å². The lowest BCUT2D eigenvalue weighted by molar-refractivity contribution is -0.137. The first kappa shape index (κ1) is 27.6. The minimum atomic E-state index is -4.65. The van der Waals surface area contributed by atoms with Crippen LogP contribution in [0.2, 0.25) is 0 Å². The molecular weight excluding hydrogens is 508 g/mol. The highest BCUT2D eigenvalue weighted by Crippen LogP contribution is 2.40. The molecule has 1 aliphatic carbocycles. The molecule has 1 saturated carbocycles. The van der Waals surface area contributed by atoms with Gasteiger partial charge < -0.3 is 9.30 Å². The van der Waals surface area contributed by atoms with Crippen molar-refractivity contribution in [2.75, 3.05) is 13.7 Å². The van der Waals surface area contributed by atoms with E-state index in [9.17, 15) is 21.6 Å². The van der Waals surface area contributed by atoms with Crippen LogP contribution >= 0.6 is 0 Å². The summed E-state index contributed by atoms with van der Waals surface area (Å²) in [5, 5.41) is 0.00825. The quantitative estimate of drug-likeness (QED) is 0.308. The molecule has 5 nitrogen and oxygen atoms in total. The highest BCUT2D eigenvalue weighted by atomic mass is 32.2. The van der Waals surface area contributed by atoms with Gasteiger partial charge in [0.25, 0.3) is 0 Å². The third kappa shape index (κ3) is 5.71. The first-order valence-corrected chi connectivity index (χ1v) is 13.8. The summed E-state index contributed by atoms with van der Waals surface area (Å²) in [5.41, 5.74) is -0.626. The van der Waals surface area contributed by atoms with Crippen LogP contribution in [-0.2, 0) is 27.5 Å². The minimum absolute atomic E-state index is 0.168. The van der Waals surface area contributed by atoms with Crippen LogP contribution in [0.1, 0.15) is 57.2 Å². The Hall–Kier alpha value is -2.43. The van der Waals surface area contributed by atoms with E-state index in [-0.39, 0.29) is 16.5 Å². The van der Waals surface area contributed by atoms with E-state index in [1.807, 2.05) is 18.4 Å². The van der Waals surface area contributed by atoms with Crippen LogP contribution < -0.4 is 4.72 Å². The van der Waals surface area contributed by atoms with E-state index in [1.54, 1.807) is 20.2 Å². The van der Waals surface area contributed by atoms with Crippen molar-refractivity contribution in [2.24, 2.45) is 5.41 Å². The van der Waals surface area contributed by atoms with Crippen LogP contribution in [0.3, 0.4) is 0 Å². The number of benzene rings is 2. The zero-order chi connectivity index (χ0) is 27.2. The zero-order valence-corrected chi connectivity index (χ0v) is 22.1. The second-order valence-electron chi connectivity index (χ2n) is 10.6. The number of alkyl halides is 3. The fraction of sp³-hybridized carbons (Fsp3) is 0.481. The maximum absolute atomic E-state index is 15.5. The van der Waals surface area contributed by atoms with Crippen LogP contribution in [0.5, 0.6) is 0 Å². The predicted octanol–water partition coefficient (Wildman–Crippen LogP) is 6.67. The first-order valence-electron chi connectivity index (χ1n) is 12.2. The number of rotatable bonds is 9. The van der Waals surface area contributed by atoms with Gasteiger partial charge in [0.15, 0.2) is 0 Å². The van der Waals surface area contributed by atoms with Gasteiger partial charge in [-0.3, -0.25) is 0 Å². The molecule has 0 amide bonds. The van der Waals surface area contributed by atoms with Gasteiger partial charge in [-0.25, -0.2) is 17.5 Å². The molecule has 0 unspecified atom stereocenters. The molecule has 2 aromatic carbocycles. The lowest BCUT2D eigenvalue weighted by Crippen LogP contribution is -2.39. The monoisotopic (exact) mass is 540 g/mol. The Bertz CT molecular complexity index is 1390. The van der Waals surface area contributed by atoms with Gasteiger partial charge >= 0.3 is 6.18 Å². The van der Waals surface area contributed by atoms with Crippen molar-refractivity contribution in [3.8, 4) is 11.1 Å². The SMILES string of the molecule is COCC(C)(C)Cn1cc([C@@H](C)NS(=O)(=O)C2CCC2)c2cc(F)c(-c3ccccc3C(F)(F)F)cc21. The molecule has 0 aliphatic heterocycles.